The van der Waals surface area contributed by atoms with E-state index < -0.39 is 35.0 Å². The zero-order chi connectivity index (χ0) is 20.5. The number of benzene rings is 1. The third-order valence-electron chi connectivity index (χ3n) is 4.75. The molecule has 1 aliphatic heterocycles. The summed E-state index contributed by atoms with van der Waals surface area (Å²) in [5.74, 6) is -0.495. The lowest BCUT2D eigenvalue weighted by Crippen LogP contribution is -2.51. The van der Waals surface area contributed by atoms with Crippen LogP contribution in [0.25, 0.3) is 10.9 Å². The SMILES string of the molecule is COc1cc2nncc(N3CCC(N(CC(F)F)S(N)(=O)=O)CC3)c2cc1F. The van der Waals surface area contributed by atoms with Crippen molar-refractivity contribution in [2.45, 2.75) is 25.3 Å². The average Bonchev–Trinajstić information content (AvgIpc) is 2.64. The lowest BCUT2D eigenvalue weighted by Gasteiger charge is -2.38. The second kappa shape index (κ2) is 8.05. The van der Waals surface area contributed by atoms with E-state index in [0.717, 1.165) is 0 Å². The summed E-state index contributed by atoms with van der Waals surface area (Å²) in [6.07, 6.45) is -0.731. The van der Waals surface area contributed by atoms with Gasteiger partial charge in [0, 0.05) is 30.6 Å². The highest BCUT2D eigenvalue weighted by Gasteiger charge is 2.33. The van der Waals surface area contributed by atoms with Crippen LogP contribution in [0.15, 0.2) is 18.3 Å². The van der Waals surface area contributed by atoms with Gasteiger partial charge in [-0.05, 0) is 18.9 Å². The van der Waals surface area contributed by atoms with E-state index in [1.54, 1.807) is 0 Å². The molecule has 154 valence electrons. The van der Waals surface area contributed by atoms with Crippen molar-refractivity contribution in [3.8, 4) is 5.75 Å². The minimum Gasteiger partial charge on any atom is -0.494 e. The standard InChI is InChI=1S/C16H20F3N5O3S/c1-27-15-7-13-11(6-12(15)17)14(8-21-22-13)23-4-2-10(3-5-23)24(9-16(18)19)28(20,25)26/h6-8,10,16H,2-5,9H2,1H3,(H2,20,25,26). The Bertz CT molecular complexity index is 952. The van der Waals surface area contributed by atoms with Crippen molar-refractivity contribution in [3.05, 3.63) is 24.1 Å². The first-order valence-electron chi connectivity index (χ1n) is 8.52. The molecule has 0 unspecified atom stereocenters. The molecule has 1 saturated heterocycles. The Labute approximate surface area is 160 Å². The highest BCUT2D eigenvalue weighted by molar-refractivity contribution is 7.86. The van der Waals surface area contributed by atoms with E-state index in [4.69, 9.17) is 9.88 Å². The normalized spacial score (nSPS) is 16.3. The zero-order valence-corrected chi connectivity index (χ0v) is 15.9. The number of nitrogens with two attached hydrogens (primary N) is 1. The number of ether oxygens (including phenoxy) is 1. The van der Waals surface area contributed by atoms with E-state index in [1.807, 2.05) is 4.90 Å². The van der Waals surface area contributed by atoms with Gasteiger partial charge in [0.2, 0.25) is 0 Å². The fourth-order valence-electron chi connectivity index (χ4n) is 3.45. The molecule has 0 saturated carbocycles. The summed E-state index contributed by atoms with van der Waals surface area (Å²) >= 11 is 0. The Kier molecular flexibility index (Phi) is 5.91. The molecule has 0 radical (unpaired) electrons. The number of piperidine rings is 1. The van der Waals surface area contributed by atoms with Gasteiger partial charge in [0.1, 0.15) is 0 Å². The summed E-state index contributed by atoms with van der Waals surface area (Å²) in [6.45, 7) is -0.197. The molecule has 0 bridgehead atoms. The van der Waals surface area contributed by atoms with Crippen LogP contribution in [0.5, 0.6) is 5.75 Å². The summed E-state index contributed by atoms with van der Waals surface area (Å²) < 4.78 is 68.6. The van der Waals surface area contributed by atoms with Gasteiger partial charge in [0.25, 0.3) is 16.6 Å². The van der Waals surface area contributed by atoms with E-state index in [2.05, 4.69) is 10.2 Å². The first kappa shape index (κ1) is 20.6. The van der Waals surface area contributed by atoms with E-state index in [0.29, 0.717) is 46.8 Å². The number of hydrogen-bond donors (Lipinski definition) is 1. The van der Waals surface area contributed by atoms with Gasteiger partial charge in [0.05, 0.1) is 31.1 Å². The number of nitrogens with zero attached hydrogens (tertiary/aromatic N) is 4. The van der Waals surface area contributed by atoms with Crippen molar-refractivity contribution in [2.24, 2.45) is 5.14 Å². The van der Waals surface area contributed by atoms with Crippen LogP contribution in [-0.2, 0) is 10.2 Å². The van der Waals surface area contributed by atoms with Gasteiger partial charge in [-0.2, -0.15) is 22.9 Å². The van der Waals surface area contributed by atoms with Crippen LogP contribution in [0.1, 0.15) is 12.8 Å². The molecule has 8 nitrogen and oxygen atoms in total. The van der Waals surface area contributed by atoms with Crippen molar-refractivity contribution in [3.63, 3.8) is 0 Å². The molecule has 1 fully saturated rings. The van der Waals surface area contributed by atoms with Gasteiger partial charge in [-0.15, -0.1) is 0 Å². The summed E-state index contributed by atoms with van der Waals surface area (Å²) in [4.78, 5) is 1.89. The van der Waals surface area contributed by atoms with Gasteiger partial charge >= 0.3 is 0 Å². The van der Waals surface area contributed by atoms with Crippen LogP contribution >= 0.6 is 0 Å². The highest BCUT2D eigenvalue weighted by Crippen LogP contribution is 2.32. The van der Waals surface area contributed by atoms with E-state index in [-0.39, 0.29) is 5.75 Å². The van der Waals surface area contributed by atoms with Gasteiger partial charge < -0.3 is 9.64 Å². The number of hydrogen-bond acceptors (Lipinski definition) is 6. The third-order valence-corrected chi connectivity index (χ3v) is 5.85. The number of halogens is 3. The van der Waals surface area contributed by atoms with Gasteiger partial charge in [-0.25, -0.2) is 18.3 Å². The fourth-order valence-corrected chi connectivity index (χ4v) is 4.39. The number of methoxy groups -OCH3 is 1. The molecular formula is C16H20F3N5O3S. The van der Waals surface area contributed by atoms with E-state index in [9.17, 15) is 21.6 Å². The molecule has 0 spiro atoms. The van der Waals surface area contributed by atoms with Crippen molar-refractivity contribution in [1.29, 1.82) is 0 Å². The molecule has 12 heteroatoms. The minimum absolute atomic E-state index is 0.0495. The topological polar surface area (TPSA) is 102 Å². The van der Waals surface area contributed by atoms with Crippen molar-refractivity contribution >= 4 is 26.8 Å². The average molecular weight is 419 g/mol. The van der Waals surface area contributed by atoms with Crippen molar-refractivity contribution < 1.29 is 26.3 Å². The third kappa shape index (κ3) is 4.28. The first-order valence-corrected chi connectivity index (χ1v) is 10.0. The van der Waals surface area contributed by atoms with Crippen LogP contribution in [0.4, 0.5) is 18.9 Å². The summed E-state index contributed by atoms with van der Waals surface area (Å²) in [7, 11) is -2.89. The second-order valence-electron chi connectivity index (χ2n) is 6.46. The van der Waals surface area contributed by atoms with Gasteiger partial charge in [-0.3, -0.25) is 0 Å². The lowest BCUT2D eigenvalue weighted by atomic mass is 10.0. The maximum absolute atomic E-state index is 14.1. The van der Waals surface area contributed by atoms with Crippen LogP contribution in [-0.4, -0.2) is 62.1 Å². The Morgan fingerprint density at radius 2 is 2.04 bits per heavy atom. The number of anilines is 1. The maximum Gasteiger partial charge on any atom is 0.277 e. The number of aromatic nitrogens is 2. The van der Waals surface area contributed by atoms with E-state index in [1.165, 1.54) is 25.4 Å². The molecule has 28 heavy (non-hydrogen) atoms. The van der Waals surface area contributed by atoms with Crippen molar-refractivity contribution in [2.75, 3.05) is 31.6 Å². The summed E-state index contributed by atoms with van der Waals surface area (Å²) in [5, 5.41) is 13.5. The Morgan fingerprint density at radius 3 is 2.61 bits per heavy atom. The monoisotopic (exact) mass is 419 g/mol. The molecule has 1 aromatic carbocycles. The largest absolute Gasteiger partial charge is 0.494 e. The van der Waals surface area contributed by atoms with Crippen LogP contribution in [0, 0.1) is 5.82 Å². The van der Waals surface area contributed by atoms with Crippen LogP contribution in [0.3, 0.4) is 0 Å². The maximum atomic E-state index is 14.1. The quantitative estimate of drug-likeness (QED) is 0.762. The van der Waals surface area contributed by atoms with Crippen LogP contribution < -0.4 is 14.8 Å². The minimum atomic E-state index is -4.24. The highest BCUT2D eigenvalue weighted by atomic mass is 32.2. The molecular weight excluding hydrogens is 399 g/mol. The molecule has 2 heterocycles. The Balaban J connectivity index is 1.82. The Morgan fingerprint density at radius 1 is 1.36 bits per heavy atom. The van der Waals surface area contributed by atoms with E-state index >= 15 is 0 Å². The van der Waals surface area contributed by atoms with Gasteiger partial charge in [0.15, 0.2) is 11.6 Å². The molecule has 0 aliphatic carbocycles. The van der Waals surface area contributed by atoms with Crippen molar-refractivity contribution in [1.82, 2.24) is 14.5 Å². The molecule has 0 atom stereocenters. The predicted octanol–water partition coefficient (Wildman–Crippen LogP) is 1.52. The molecule has 3 rings (SSSR count). The molecule has 0 amide bonds. The Hall–Kier alpha value is -2.18. The predicted molar refractivity (Wildman–Crippen MR) is 97.1 cm³/mol. The van der Waals surface area contributed by atoms with Crippen LogP contribution in [0.2, 0.25) is 0 Å². The molecule has 2 N–H and O–H groups in total. The second-order valence-corrected chi connectivity index (χ2v) is 7.96. The number of alkyl halides is 2. The summed E-state index contributed by atoms with van der Waals surface area (Å²) in [6, 6.07) is 2.12. The number of fused-ring (bicyclic) bond motifs is 1. The molecule has 2 aromatic rings. The first-order chi connectivity index (χ1) is 13.2. The molecule has 1 aromatic heterocycles. The fraction of sp³-hybridized carbons (Fsp3) is 0.500. The lowest BCUT2D eigenvalue weighted by molar-refractivity contribution is 0.101. The molecule has 1 aliphatic rings. The zero-order valence-electron chi connectivity index (χ0n) is 15.1. The smallest absolute Gasteiger partial charge is 0.277 e. The summed E-state index contributed by atoms with van der Waals surface area (Å²) in [5.41, 5.74) is 1.07. The van der Waals surface area contributed by atoms with Gasteiger partial charge in [-0.1, -0.05) is 0 Å². The number of rotatable bonds is 6.